The molecule has 0 amide bonds. The second kappa shape index (κ2) is 8.73. The topological polar surface area (TPSA) is 75.2 Å². The van der Waals surface area contributed by atoms with E-state index in [2.05, 4.69) is 12.1 Å². The van der Waals surface area contributed by atoms with Crippen molar-refractivity contribution in [2.75, 3.05) is 0 Å². The minimum absolute atomic E-state index is 0.128. The van der Waals surface area contributed by atoms with Gasteiger partial charge in [-0.15, -0.1) is 0 Å². The Labute approximate surface area is 191 Å². The third-order valence-corrected chi connectivity index (χ3v) is 6.68. The number of hydrogen-bond donors (Lipinski definition) is 0. The van der Waals surface area contributed by atoms with Gasteiger partial charge in [-0.25, -0.2) is 28.3 Å². The molecule has 7 nitrogen and oxygen atoms in total. The van der Waals surface area contributed by atoms with Crippen LogP contribution in [0.15, 0.2) is 82.4 Å². The van der Waals surface area contributed by atoms with Crippen molar-refractivity contribution in [3.63, 3.8) is 0 Å². The van der Waals surface area contributed by atoms with Gasteiger partial charge >= 0.3 is 17.3 Å². The molecule has 1 aliphatic carbocycles. The van der Waals surface area contributed by atoms with Crippen LogP contribution in [0.5, 0.6) is 0 Å². The fourth-order valence-corrected chi connectivity index (χ4v) is 5.04. The molecule has 170 valence electrons. The summed E-state index contributed by atoms with van der Waals surface area (Å²) in [5, 5.41) is 0. The van der Waals surface area contributed by atoms with Gasteiger partial charge in [-0.05, 0) is 43.9 Å². The highest BCUT2D eigenvalue weighted by atomic mass is 16.5. The van der Waals surface area contributed by atoms with E-state index in [9.17, 15) is 14.4 Å². The number of esters is 1. The summed E-state index contributed by atoms with van der Waals surface area (Å²) in [6.45, 7) is 1.82. The second-order valence-corrected chi connectivity index (χ2v) is 8.77. The third kappa shape index (κ3) is 3.77. The van der Waals surface area contributed by atoms with Crippen LogP contribution in [0.2, 0.25) is 0 Å². The molecule has 3 aromatic rings. The molecule has 2 aliphatic rings. The molecule has 0 radical (unpaired) electrons. The first-order valence-corrected chi connectivity index (χ1v) is 11.5. The van der Waals surface area contributed by atoms with Crippen LogP contribution in [0, 0.1) is 0 Å². The van der Waals surface area contributed by atoms with E-state index in [1.807, 2.05) is 31.2 Å². The molecule has 1 saturated carbocycles. The number of para-hydroxylation sites is 1. The number of aromatic nitrogens is 3. The summed E-state index contributed by atoms with van der Waals surface area (Å²) in [5.41, 5.74) is 0.609. The van der Waals surface area contributed by atoms with Gasteiger partial charge in [0.2, 0.25) is 0 Å². The molecule has 1 fully saturated rings. The zero-order valence-electron chi connectivity index (χ0n) is 18.5. The van der Waals surface area contributed by atoms with Crippen LogP contribution >= 0.6 is 0 Å². The lowest BCUT2D eigenvalue weighted by molar-refractivity contribution is -0.155. The average Bonchev–Trinajstić information content (AvgIpc) is 3.11. The lowest BCUT2D eigenvalue weighted by Gasteiger charge is -2.33. The van der Waals surface area contributed by atoms with Crippen LogP contribution in [-0.4, -0.2) is 26.0 Å². The molecule has 0 saturated heterocycles. The number of carbonyl (C=O) groups is 1. The SMILES string of the molecule is C[C@@H]1C=C[C@H](C(=O)O[C@H]2CCCC[C@@H]2c2ccccc2)n2c(=O)n(-c3ccccc3)c(=O)n21. The van der Waals surface area contributed by atoms with Crippen LogP contribution in [0.25, 0.3) is 5.69 Å². The number of nitrogens with zero attached hydrogens (tertiary/aromatic N) is 3. The molecule has 0 unspecified atom stereocenters. The largest absolute Gasteiger partial charge is 0.460 e. The predicted octanol–water partition coefficient (Wildman–Crippen LogP) is 3.74. The molecule has 2 aromatic carbocycles. The molecule has 2 heterocycles. The second-order valence-electron chi connectivity index (χ2n) is 8.77. The molecule has 5 rings (SSSR count). The Bertz CT molecular complexity index is 1290. The summed E-state index contributed by atoms with van der Waals surface area (Å²) in [6, 6.07) is 17.5. The maximum Gasteiger partial charge on any atom is 0.352 e. The van der Waals surface area contributed by atoms with E-state index < -0.39 is 23.4 Å². The van der Waals surface area contributed by atoms with Crippen molar-refractivity contribution in [1.82, 2.24) is 13.9 Å². The average molecular weight is 446 g/mol. The Hall–Kier alpha value is -3.61. The monoisotopic (exact) mass is 445 g/mol. The maximum atomic E-state index is 13.4. The third-order valence-electron chi connectivity index (χ3n) is 6.68. The minimum Gasteiger partial charge on any atom is -0.460 e. The molecule has 1 aromatic heterocycles. The van der Waals surface area contributed by atoms with Gasteiger partial charge in [-0.2, -0.15) is 0 Å². The van der Waals surface area contributed by atoms with Crippen molar-refractivity contribution < 1.29 is 9.53 Å². The zero-order chi connectivity index (χ0) is 22.9. The minimum atomic E-state index is -0.982. The van der Waals surface area contributed by atoms with Crippen molar-refractivity contribution in [3.05, 3.63) is 99.3 Å². The lowest BCUT2D eigenvalue weighted by atomic mass is 9.81. The fraction of sp³-hybridized carbons (Fsp3) is 0.346. The van der Waals surface area contributed by atoms with Crippen molar-refractivity contribution in [2.24, 2.45) is 0 Å². The lowest BCUT2D eigenvalue weighted by Crippen LogP contribution is -2.40. The van der Waals surface area contributed by atoms with Gasteiger partial charge in [0.15, 0.2) is 6.04 Å². The van der Waals surface area contributed by atoms with Gasteiger partial charge in [-0.1, -0.05) is 67.1 Å². The number of fused-ring (bicyclic) bond motifs is 1. The molecule has 0 bridgehead atoms. The molecule has 1 aliphatic heterocycles. The van der Waals surface area contributed by atoms with Gasteiger partial charge in [0, 0.05) is 5.92 Å². The van der Waals surface area contributed by atoms with E-state index in [-0.39, 0.29) is 18.1 Å². The van der Waals surface area contributed by atoms with Crippen molar-refractivity contribution in [1.29, 1.82) is 0 Å². The van der Waals surface area contributed by atoms with E-state index in [1.54, 1.807) is 36.4 Å². The van der Waals surface area contributed by atoms with Gasteiger partial charge in [0.25, 0.3) is 0 Å². The van der Waals surface area contributed by atoms with Crippen LogP contribution in [0.3, 0.4) is 0 Å². The van der Waals surface area contributed by atoms with E-state index in [0.717, 1.165) is 35.8 Å². The number of carbonyl (C=O) groups excluding carboxylic acids is 1. The quantitative estimate of drug-likeness (QED) is 0.453. The molecule has 33 heavy (non-hydrogen) atoms. The van der Waals surface area contributed by atoms with Gasteiger partial charge in [0.1, 0.15) is 6.10 Å². The molecular formula is C26H27N3O4. The fourth-order valence-electron chi connectivity index (χ4n) is 5.04. The van der Waals surface area contributed by atoms with E-state index in [0.29, 0.717) is 5.69 Å². The molecule has 0 spiro atoms. The normalized spacial score (nSPS) is 24.3. The van der Waals surface area contributed by atoms with Gasteiger partial charge < -0.3 is 4.74 Å². The number of ether oxygens (including phenoxy) is 1. The predicted molar refractivity (Wildman–Crippen MR) is 125 cm³/mol. The molecule has 0 N–H and O–H groups in total. The first-order valence-electron chi connectivity index (χ1n) is 11.5. The summed E-state index contributed by atoms with van der Waals surface area (Å²) >= 11 is 0. The Morgan fingerprint density at radius 2 is 1.48 bits per heavy atom. The molecule has 7 heteroatoms. The highest BCUT2D eigenvalue weighted by Crippen LogP contribution is 2.36. The Morgan fingerprint density at radius 1 is 0.848 bits per heavy atom. The standard InChI is InChI=1S/C26H27N3O4/c1-18-16-17-22(29-26(32)27(25(31)28(18)29)20-12-6-3-7-13-20)24(30)33-23-15-9-8-14-21(23)19-10-4-2-5-11-19/h2-7,10-13,16-18,21-23H,8-9,14-15H2,1H3/t18-,21-,22-,23+/m1/s1. The molecule has 4 atom stereocenters. The zero-order valence-corrected chi connectivity index (χ0v) is 18.5. The van der Waals surface area contributed by atoms with Crippen molar-refractivity contribution in [3.8, 4) is 5.69 Å². The number of rotatable bonds is 4. The van der Waals surface area contributed by atoms with E-state index in [4.69, 9.17) is 4.74 Å². The van der Waals surface area contributed by atoms with Crippen LogP contribution in [-0.2, 0) is 9.53 Å². The van der Waals surface area contributed by atoms with Gasteiger partial charge in [0.05, 0.1) is 11.7 Å². The number of hydrogen-bond acceptors (Lipinski definition) is 4. The van der Waals surface area contributed by atoms with Crippen LogP contribution in [0.4, 0.5) is 0 Å². The van der Waals surface area contributed by atoms with E-state index >= 15 is 0 Å². The smallest absolute Gasteiger partial charge is 0.352 e. The van der Waals surface area contributed by atoms with Gasteiger partial charge in [-0.3, -0.25) is 0 Å². The summed E-state index contributed by atoms with van der Waals surface area (Å²) in [6.07, 6.45) is 7.01. The Kier molecular flexibility index (Phi) is 5.62. The Balaban J connectivity index is 1.49. The highest BCUT2D eigenvalue weighted by Gasteiger charge is 2.36. The van der Waals surface area contributed by atoms with Crippen molar-refractivity contribution >= 4 is 5.97 Å². The summed E-state index contributed by atoms with van der Waals surface area (Å²) in [7, 11) is 0. The highest BCUT2D eigenvalue weighted by molar-refractivity contribution is 5.76. The van der Waals surface area contributed by atoms with Crippen LogP contribution < -0.4 is 11.4 Å². The number of benzene rings is 2. The van der Waals surface area contributed by atoms with Crippen molar-refractivity contribution in [2.45, 2.75) is 56.7 Å². The maximum absolute atomic E-state index is 13.4. The van der Waals surface area contributed by atoms with E-state index in [1.165, 1.54) is 9.36 Å². The number of allylic oxidation sites excluding steroid dienone is 1. The summed E-state index contributed by atoms with van der Waals surface area (Å²) < 4.78 is 9.72. The van der Waals surface area contributed by atoms with Crippen LogP contribution in [0.1, 0.15) is 56.2 Å². The first kappa shape index (κ1) is 21.2. The summed E-state index contributed by atoms with van der Waals surface area (Å²) in [4.78, 5) is 39.9. The summed E-state index contributed by atoms with van der Waals surface area (Å²) in [5.74, 6) is -0.379. The molecular weight excluding hydrogens is 418 g/mol. The Morgan fingerprint density at radius 3 is 2.21 bits per heavy atom. The first-order chi connectivity index (χ1) is 16.1.